The molecule has 5 rings (SSSR count). The summed E-state index contributed by atoms with van der Waals surface area (Å²) in [6, 6.07) is 16.1. The van der Waals surface area contributed by atoms with E-state index in [0.717, 1.165) is 35.3 Å². The van der Waals surface area contributed by atoms with E-state index in [0.29, 0.717) is 19.6 Å². The summed E-state index contributed by atoms with van der Waals surface area (Å²) in [5, 5.41) is 5.08. The van der Waals surface area contributed by atoms with Crippen molar-refractivity contribution in [2.45, 2.75) is 32.4 Å². The molecule has 188 valence electrons. The summed E-state index contributed by atoms with van der Waals surface area (Å²) in [5.74, 6) is -0.226. The number of aryl methyl sites for hydroxylation is 1. The van der Waals surface area contributed by atoms with Crippen LogP contribution in [0, 0.1) is 12.7 Å². The first-order valence-corrected chi connectivity index (χ1v) is 13.3. The molecule has 2 atom stereocenters. The SMILES string of the molecule is Cc1ccccc1NC(=O)N1CCN(C(=O)CN2CCc3sccc3[C@@H]2c2cccc(F)c2)C[C@@H]1C. The zero-order valence-electron chi connectivity index (χ0n) is 20.6. The molecule has 0 aliphatic carbocycles. The Morgan fingerprint density at radius 2 is 1.92 bits per heavy atom. The number of fused-ring (bicyclic) bond motifs is 1. The van der Waals surface area contributed by atoms with E-state index < -0.39 is 0 Å². The number of hydrogen-bond acceptors (Lipinski definition) is 4. The van der Waals surface area contributed by atoms with Crippen molar-refractivity contribution in [3.63, 3.8) is 0 Å². The van der Waals surface area contributed by atoms with Crippen molar-refractivity contribution in [3.8, 4) is 0 Å². The molecule has 8 heteroatoms. The molecule has 36 heavy (non-hydrogen) atoms. The van der Waals surface area contributed by atoms with Crippen molar-refractivity contribution in [3.05, 3.63) is 87.4 Å². The van der Waals surface area contributed by atoms with E-state index in [2.05, 4.69) is 21.7 Å². The fourth-order valence-corrected chi connectivity index (χ4v) is 6.17. The largest absolute Gasteiger partial charge is 0.338 e. The van der Waals surface area contributed by atoms with E-state index in [-0.39, 0.29) is 36.4 Å². The van der Waals surface area contributed by atoms with Gasteiger partial charge in [-0.2, -0.15) is 0 Å². The number of halogens is 1. The van der Waals surface area contributed by atoms with Gasteiger partial charge in [-0.3, -0.25) is 9.69 Å². The van der Waals surface area contributed by atoms with Crippen LogP contribution in [0.3, 0.4) is 0 Å². The molecule has 3 heterocycles. The topological polar surface area (TPSA) is 55.9 Å². The zero-order chi connectivity index (χ0) is 25.2. The third-order valence-electron chi connectivity index (χ3n) is 7.20. The number of benzene rings is 2. The summed E-state index contributed by atoms with van der Waals surface area (Å²) < 4.78 is 14.1. The van der Waals surface area contributed by atoms with E-state index in [4.69, 9.17) is 0 Å². The summed E-state index contributed by atoms with van der Waals surface area (Å²) in [4.78, 5) is 33.4. The van der Waals surface area contributed by atoms with Crippen molar-refractivity contribution in [1.82, 2.24) is 14.7 Å². The molecule has 3 amide bonds. The Balaban J connectivity index is 1.25. The molecule has 0 radical (unpaired) electrons. The van der Waals surface area contributed by atoms with Gasteiger partial charge in [0, 0.05) is 42.8 Å². The van der Waals surface area contributed by atoms with Gasteiger partial charge in [0.25, 0.3) is 0 Å². The number of carbonyl (C=O) groups excluding carboxylic acids is 2. The number of rotatable bonds is 4. The Bertz CT molecular complexity index is 1260. The minimum absolute atomic E-state index is 0.0425. The number of hydrogen-bond donors (Lipinski definition) is 1. The number of urea groups is 1. The molecule has 2 aliphatic rings. The molecule has 2 aliphatic heterocycles. The van der Waals surface area contributed by atoms with Gasteiger partial charge in [0.15, 0.2) is 0 Å². The predicted octanol–water partition coefficient (Wildman–Crippen LogP) is 4.91. The standard InChI is InChI=1S/C28H31FN4O2S/c1-19-6-3-4-9-24(19)30-28(35)33-14-13-31(17-20(33)2)26(34)18-32-12-10-25-23(11-15-36-25)27(32)21-7-5-8-22(29)16-21/h3-9,11,15-16,20,27H,10,12-14,17-18H2,1-2H3,(H,30,35)/t20-,27-/m0/s1. The molecule has 6 nitrogen and oxygen atoms in total. The molecule has 1 aromatic heterocycles. The van der Waals surface area contributed by atoms with Gasteiger partial charge >= 0.3 is 6.03 Å². The third kappa shape index (κ3) is 5.01. The van der Waals surface area contributed by atoms with Gasteiger partial charge in [-0.15, -0.1) is 11.3 Å². The van der Waals surface area contributed by atoms with Crippen LogP contribution >= 0.6 is 11.3 Å². The normalized spacial score (nSPS) is 20.2. The molecular weight excluding hydrogens is 475 g/mol. The summed E-state index contributed by atoms with van der Waals surface area (Å²) >= 11 is 1.72. The van der Waals surface area contributed by atoms with Crippen LogP contribution in [0.5, 0.6) is 0 Å². The average molecular weight is 507 g/mol. The molecule has 0 saturated carbocycles. The lowest BCUT2D eigenvalue weighted by Gasteiger charge is -2.41. The molecular formula is C28H31FN4O2S. The quantitative estimate of drug-likeness (QED) is 0.547. The number of nitrogens with one attached hydrogen (secondary N) is 1. The fraction of sp³-hybridized carbons (Fsp3) is 0.357. The van der Waals surface area contributed by atoms with E-state index in [1.165, 1.54) is 10.9 Å². The van der Waals surface area contributed by atoms with Crippen LogP contribution < -0.4 is 5.32 Å². The third-order valence-corrected chi connectivity index (χ3v) is 8.19. The highest BCUT2D eigenvalue weighted by atomic mass is 32.1. The van der Waals surface area contributed by atoms with E-state index in [9.17, 15) is 14.0 Å². The second kappa shape index (κ2) is 10.4. The molecule has 2 aromatic carbocycles. The summed E-state index contributed by atoms with van der Waals surface area (Å²) in [6.45, 7) is 6.41. The van der Waals surface area contributed by atoms with Crippen LogP contribution in [-0.2, 0) is 11.2 Å². The highest BCUT2D eigenvalue weighted by Gasteiger charge is 2.34. The zero-order valence-corrected chi connectivity index (χ0v) is 21.4. The number of piperazine rings is 1. The minimum atomic E-state index is -0.268. The lowest BCUT2D eigenvalue weighted by atomic mass is 9.93. The van der Waals surface area contributed by atoms with Crippen molar-refractivity contribution < 1.29 is 14.0 Å². The fourth-order valence-electron chi connectivity index (χ4n) is 5.27. The van der Waals surface area contributed by atoms with Crippen molar-refractivity contribution in [1.29, 1.82) is 0 Å². The Labute approximate surface area is 215 Å². The number of nitrogens with zero attached hydrogens (tertiary/aromatic N) is 3. The first kappa shape index (κ1) is 24.5. The van der Waals surface area contributed by atoms with E-state index in [1.54, 1.807) is 28.4 Å². The minimum Gasteiger partial charge on any atom is -0.338 e. The Morgan fingerprint density at radius 3 is 2.69 bits per heavy atom. The number of amides is 3. The maximum Gasteiger partial charge on any atom is 0.322 e. The molecule has 1 saturated heterocycles. The smallest absolute Gasteiger partial charge is 0.322 e. The Morgan fingerprint density at radius 1 is 1.08 bits per heavy atom. The number of anilines is 1. The lowest BCUT2D eigenvalue weighted by molar-refractivity contribution is -0.135. The monoisotopic (exact) mass is 506 g/mol. The van der Waals surface area contributed by atoms with Crippen LogP contribution in [0.25, 0.3) is 0 Å². The first-order valence-electron chi connectivity index (χ1n) is 12.4. The van der Waals surface area contributed by atoms with Gasteiger partial charge in [0.05, 0.1) is 12.6 Å². The van der Waals surface area contributed by atoms with Gasteiger partial charge in [0.2, 0.25) is 5.91 Å². The van der Waals surface area contributed by atoms with Gasteiger partial charge in [0.1, 0.15) is 5.82 Å². The van der Waals surface area contributed by atoms with Crippen LogP contribution in [0.1, 0.15) is 34.5 Å². The average Bonchev–Trinajstić information content (AvgIpc) is 3.34. The molecule has 0 bridgehead atoms. The lowest BCUT2D eigenvalue weighted by Crippen LogP contribution is -2.58. The second-order valence-electron chi connectivity index (χ2n) is 9.60. The van der Waals surface area contributed by atoms with Crippen LogP contribution in [0.15, 0.2) is 60.0 Å². The van der Waals surface area contributed by atoms with Gasteiger partial charge in [-0.25, -0.2) is 9.18 Å². The molecule has 3 aromatic rings. The molecule has 0 spiro atoms. The highest BCUT2D eigenvalue weighted by Crippen LogP contribution is 2.37. The summed E-state index contributed by atoms with van der Waals surface area (Å²) in [7, 11) is 0. The van der Waals surface area contributed by atoms with Crippen LogP contribution in [0.4, 0.5) is 14.9 Å². The summed E-state index contributed by atoms with van der Waals surface area (Å²) in [6.07, 6.45) is 0.884. The number of thiophene rings is 1. The van der Waals surface area contributed by atoms with E-state index in [1.807, 2.05) is 49.1 Å². The molecule has 0 unspecified atom stereocenters. The second-order valence-corrected chi connectivity index (χ2v) is 10.6. The van der Waals surface area contributed by atoms with Crippen molar-refractivity contribution in [2.75, 3.05) is 38.0 Å². The first-order chi connectivity index (χ1) is 17.4. The predicted molar refractivity (Wildman–Crippen MR) is 141 cm³/mol. The van der Waals surface area contributed by atoms with Crippen molar-refractivity contribution in [2.24, 2.45) is 0 Å². The van der Waals surface area contributed by atoms with Crippen LogP contribution in [-0.4, -0.2) is 65.4 Å². The maximum absolute atomic E-state index is 14.1. The van der Waals surface area contributed by atoms with Crippen molar-refractivity contribution >= 4 is 29.0 Å². The number of para-hydroxylation sites is 1. The molecule has 1 fully saturated rings. The number of carbonyl (C=O) groups is 2. The van der Waals surface area contributed by atoms with Gasteiger partial charge < -0.3 is 15.1 Å². The van der Waals surface area contributed by atoms with Gasteiger partial charge in [-0.05, 0) is 66.6 Å². The molecule has 1 N–H and O–H groups in total. The summed E-state index contributed by atoms with van der Waals surface area (Å²) in [5.41, 5.74) is 3.84. The Hall–Kier alpha value is -3.23. The maximum atomic E-state index is 14.1. The van der Waals surface area contributed by atoms with Crippen LogP contribution in [0.2, 0.25) is 0 Å². The highest BCUT2D eigenvalue weighted by molar-refractivity contribution is 7.10. The Kier molecular flexibility index (Phi) is 7.07. The van der Waals surface area contributed by atoms with Gasteiger partial charge in [-0.1, -0.05) is 30.3 Å². The van der Waals surface area contributed by atoms with E-state index >= 15 is 0 Å².